The molecule has 1 saturated heterocycles. The lowest BCUT2D eigenvalue weighted by molar-refractivity contribution is -0.135. The van der Waals surface area contributed by atoms with Gasteiger partial charge >= 0.3 is 0 Å². The van der Waals surface area contributed by atoms with Crippen LogP contribution in [0.3, 0.4) is 0 Å². The van der Waals surface area contributed by atoms with Crippen LogP contribution in [0.25, 0.3) is 0 Å². The summed E-state index contributed by atoms with van der Waals surface area (Å²) in [5.74, 6) is 0.177. The van der Waals surface area contributed by atoms with Gasteiger partial charge in [0, 0.05) is 56.0 Å². The van der Waals surface area contributed by atoms with Crippen LogP contribution in [-0.2, 0) is 15.0 Å². The van der Waals surface area contributed by atoms with E-state index in [0.717, 1.165) is 5.69 Å². The van der Waals surface area contributed by atoms with Gasteiger partial charge in [-0.05, 0) is 6.08 Å². The average Bonchev–Trinajstić information content (AvgIpc) is 2.48. The fraction of sp³-hybridized carbons (Fsp3) is 0.500. The van der Waals surface area contributed by atoms with E-state index >= 15 is 0 Å². The predicted octanol–water partition coefficient (Wildman–Crippen LogP) is 0.905. The molecule has 1 aliphatic heterocycles. The lowest BCUT2D eigenvalue weighted by Gasteiger charge is -2.38. The molecule has 1 aromatic rings. The molecule has 2 rings (SSSR count). The second kappa shape index (κ2) is 6.68. The maximum atomic E-state index is 12.0. The van der Waals surface area contributed by atoms with Crippen molar-refractivity contribution in [1.29, 1.82) is 0 Å². The van der Waals surface area contributed by atoms with Crippen molar-refractivity contribution in [3.8, 4) is 0 Å². The number of amides is 2. The SMILES string of the molecule is C=CC(=O)N1CC(CC(=O)NCC(C)(C)c2cnccn2)C1. The molecule has 0 bridgehead atoms. The Balaban J connectivity index is 1.75. The molecule has 22 heavy (non-hydrogen) atoms. The minimum Gasteiger partial charge on any atom is -0.355 e. The molecular weight excluding hydrogens is 280 g/mol. The number of aromatic nitrogens is 2. The van der Waals surface area contributed by atoms with Gasteiger partial charge in [0.1, 0.15) is 0 Å². The van der Waals surface area contributed by atoms with E-state index in [1.807, 2.05) is 13.8 Å². The second-order valence-electron chi connectivity index (χ2n) is 6.27. The van der Waals surface area contributed by atoms with Crippen molar-refractivity contribution < 1.29 is 9.59 Å². The highest BCUT2D eigenvalue weighted by molar-refractivity contribution is 5.87. The molecule has 0 aromatic carbocycles. The maximum absolute atomic E-state index is 12.0. The molecule has 0 atom stereocenters. The van der Waals surface area contributed by atoms with Crippen molar-refractivity contribution in [3.63, 3.8) is 0 Å². The predicted molar refractivity (Wildman–Crippen MR) is 83.0 cm³/mol. The largest absolute Gasteiger partial charge is 0.355 e. The van der Waals surface area contributed by atoms with E-state index in [1.165, 1.54) is 6.08 Å². The molecule has 0 radical (unpaired) electrons. The zero-order chi connectivity index (χ0) is 16.2. The summed E-state index contributed by atoms with van der Waals surface area (Å²) >= 11 is 0. The first kappa shape index (κ1) is 16.1. The Labute approximate surface area is 130 Å². The third kappa shape index (κ3) is 3.90. The number of hydrogen-bond donors (Lipinski definition) is 1. The van der Waals surface area contributed by atoms with Gasteiger partial charge < -0.3 is 10.2 Å². The number of rotatable bonds is 6. The van der Waals surface area contributed by atoms with Gasteiger partial charge in [-0.25, -0.2) is 0 Å². The summed E-state index contributed by atoms with van der Waals surface area (Å²) in [4.78, 5) is 33.4. The lowest BCUT2D eigenvalue weighted by Crippen LogP contribution is -2.51. The minimum absolute atomic E-state index is 0.00710. The number of nitrogens with one attached hydrogen (secondary N) is 1. The Kier molecular flexibility index (Phi) is 4.90. The highest BCUT2D eigenvalue weighted by atomic mass is 16.2. The van der Waals surface area contributed by atoms with E-state index in [2.05, 4.69) is 21.9 Å². The molecule has 0 saturated carbocycles. The van der Waals surface area contributed by atoms with E-state index in [1.54, 1.807) is 23.5 Å². The Hall–Kier alpha value is -2.24. The molecule has 0 spiro atoms. The van der Waals surface area contributed by atoms with E-state index in [9.17, 15) is 9.59 Å². The molecule has 6 nitrogen and oxygen atoms in total. The van der Waals surface area contributed by atoms with Gasteiger partial charge in [-0.1, -0.05) is 20.4 Å². The molecule has 6 heteroatoms. The van der Waals surface area contributed by atoms with Crippen LogP contribution in [0.4, 0.5) is 0 Å². The van der Waals surface area contributed by atoms with Crippen molar-refractivity contribution in [2.75, 3.05) is 19.6 Å². The van der Waals surface area contributed by atoms with Gasteiger partial charge in [0.05, 0.1) is 5.69 Å². The second-order valence-corrected chi connectivity index (χ2v) is 6.27. The third-order valence-electron chi connectivity index (χ3n) is 3.90. The highest BCUT2D eigenvalue weighted by Gasteiger charge is 2.31. The Morgan fingerprint density at radius 3 is 2.77 bits per heavy atom. The van der Waals surface area contributed by atoms with Crippen LogP contribution in [0, 0.1) is 5.92 Å². The van der Waals surface area contributed by atoms with Gasteiger partial charge in [0.15, 0.2) is 0 Å². The molecule has 1 aliphatic rings. The van der Waals surface area contributed by atoms with Crippen LogP contribution < -0.4 is 5.32 Å². The topological polar surface area (TPSA) is 75.2 Å². The van der Waals surface area contributed by atoms with E-state index < -0.39 is 0 Å². The summed E-state index contributed by atoms with van der Waals surface area (Å²) in [6.07, 6.45) is 6.75. The zero-order valence-corrected chi connectivity index (χ0v) is 13.1. The average molecular weight is 302 g/mol. The van der Waals surface area contributed by atoms with Crippen LogP contribution in [0.15, 0.2) is 31.2 Å². The molecule has 1 N–H and O–H groups in total. The summed E-state index contributed by atoms with van der Waals surface area (Å²) in [7, 11) is 0. The zero-order valence-electron chi connectivity index (χ0n) is 13.1. The Morgan fingerprint density at radius 1 is 1.45 bits per heavy atom. The summed E-state index contributed by atoms with van der Waals surface area (Å²) in [5.41, 5.74) is 0.579. The number of carbonyl (C=O) groups excluding carboxylic acids is 2. The van der Waals surface area contributed by atoms with Gasteiger partial charge in [0.2, 0.25) is 11.8 Å². The van der Waals surface area contributed by atoms with Crippen molar-refractivity contribution in [1.82, 2.24) is 20.2 Å². The van der Waals surface area contributed by atoms with Gasteiger partial charge in [-0.3, -0.25) is 19.6 Å². The van der Waals surface area contributed by atoms with Crippen molar-refractivity contribution in [2.24, 2.45) is 5.92 Å². The van der Waals surface area contributed by atoms with Crippen molar-refractivity contribution >= 4 is 11.8 Å². The standard InChI is InChI=1S/C16H22N4O2/c1-4-15(22)20-9-12(10-20)7-14(21)19-11-16(2,3)13-8-17-5-6-18-13/h4-6,8,12H,1,7,9-11H2,2-3H3,(H,19,21). The summed E-state index contributed by atoms with van der Waals surface area (Å²) < 4.78 is 0. The summed E-state index contributed by atoms with van der Waals surface area (Å²) in [6.45, 7) is 9.26. The smallest absolute Gasteiger partial charge is 0.245 e. The van der Waals surface area contributed by atoms with Crippen LogP contribution in [0.5, 0.6) is 0 Å². The number of carbonyl (C=O) groups is 2. The normalized spacial score (nSPS) is 15.1. The van der Waals surface area contributed by atoms with E-state index in [-0.39, 0.29) is 23.1 Å². The first-order chi connectivity index (χ1) is 10.4. The fourth-order valence-electron chi connectivity index (χ4n) is 2.40. The van der Waals surface area contributed by atoms with Gasteiger partial charge in [-0.15, -0.1) is 0 Å². The molecule has 2 heterocycles. The number of likely N-dealkylation sites (tertiary alicyclic amines) is 1. The molecule has 1 aromatic heterocycles. The molecule has 2 amide bonds. The van der Waals surface area contributed by atoms with Crippen molar-refractivity contribution in [2.45, 2.75) is 25.7 Å². The maximum Gasteiger partial charge on any atom is 0.245 e. The minimum atomic E-state index is -0.269. The summed E-state index contributed by atoms with van der Waals surface area (Å²) in [5, 5.41) is 2.95. The third-order valence-corrected chi connectivity index (χ3v) is 3.90. The van der Waals surface area contributed by atoms with Gasteiger partial charge in [-0.2, -0.15) is 0 Å². The molecule has 118 valence electrons. The monoisotopic (exact) mass is 302 g/mol. The number of nitrogens with zero attached hydrogens (tertiary/aromatic N) is 3. The van der Waals surface area contributed by atoms with E-state index in [4.69, 9.17) is 0 Å². The highest BCUT2D eigenvalue weighted by Crippen LogP contribution is 2.21. The van der Waals surface area contributed by atoms with Crippen molar-refractivity contribution in [3.05, 3.63) is 36.9 Å². The molecule has 0 unspecified atom stereocenters. The molecule has 0 aliphatic carbocycles. The molecular formula is C16H22N4O2. The fourth-order valence-corrected chi connectivity index (χ4v) is 2.40. The Bertz CT molecular complexity index is 551. The Morgan fingerprint density at radius 2 is 2.18 bits per heavy atom. The number of hydrogen-bond acceptors (Lipinski definition) is 4. The van der Waals surface area contributed by atoms with Crippen LogP contribution in [0.2, 0.25) is 0 Å². The first-order valence-electron chi connectivity index (χ1n) is 7.37. The van der Waals surface area contributed by atoms with Gasteiger partial charge in [0.25, 0.3) is 0 Å². The van der Waals surface area contributed by atoms with Crippen LogP contribution in [0.1, 0.15) is 26.0 Å². The summed E-state index contributed by atoms with van der Waals surface area (Å²) in [6, 6.07) is 0. The van der Waals surface area contributed by atoms with Crippen LogP contribution in [-0.4, -0.2) is 46.3 Å². The van der Waals surface area contributed by atoms with Crippen LogP contribution >= 0.6 is 0 Å². The lowest BCUT2D eigenvalue weighted by atomic mass is 9.89. The molecule has 1 fully saturated rings. The van der Waals surface area contributed by atoms with E-state index in [0.29, 0.717) is 26.1 Å². The quantitative estimate of drug-likeness (QED) is 0.792. The first-order valence-corrected chi connectivity index (χ1v) is 7.37.